The van der Waals surface area contributed by atoms with Crippen LogP contribution in [-0.4, -0.2) is 47.3 Å². The van der Waals surface area contributed by atoms with E-state index in [1.165, 1.54) is 11.8 Å². The number of ether oxygens (including phenoxy) is 1. The minimum Gasteiger partial charge on any atom is -0.381 e. The van der Waals surface area contributed by atoms with Gasteiger partial charge in [-0.3, -0.25) is 4.79 Å². The predicted octanol–water partition coefficient (Wildman–Crippen LogP) is 2.20. The summed E-state index contributed by atoms with van der Waals surface area (Å²) >= 11 is 0. The van der Waals surface area contributed by atoms with Crippen LogP contribution in [0.5, 0.6) is 0 Å². The fourth-order valence-electron chi connectivity index (χ4n) is 3.22. The molecule has 1 aliphatic heterocycles. The molecule has 0 radical (unpaired) electrons. The molecule has 1 amide bonds. The Labute approximate surface area is 136 Å². The van der Waals surface area contributed by atoms with E-state index in [1.54, 1.807) is 19.4 Å². The lowest BCUT2D eigenvalue weighted by atomic mass is 9.88. The molecule has 0 unspecified atom stereocenters. The molecule has 3 rings (SSSR count). The summed E-state index contributed by atoms with van der Waals surface area (Å²) in [5, 5.41) is 7.52. The first-order valence-corrected chi connectivity index (χ1v) is 7.90. The van der Waals surface area contributed by atoms with Gasteiger partial charge in [0.1, 0.15) is 0 Å². The second kappa shape index (κ2) is 7.33. The van der Waals surface area contributed by atoms with E-state index in [0.29, 0.717) is 24.6 Å². The zero-order chi connectivity index (χ0) is 16.1. The first-order chi connectivity index (χ1) is 11.3. The number of piperidine rings is 1. The van der Waals surface area contributed by atoms with Crippen molar-refractivity contribution in [2.75, 3.05) is 20.2 Å². The Morgan fingerprint density at radius 2 is 2.09 bits per heavy atom. The fourth-order valence-corrected chi connectivity index (χ4v) is 3.22. The topological polar surface area (TPSA) is 55.3 Å². The van der Waals surface area contributed by atoms with E-state index < -0.39 is 0 Å². The van der Waals surface area contributed by atoms with Crippen LogP contribution in [-0.2, 0) is 11.2 Å². The predicted molar refractivity (Wildman–Crippen MR) is 87.0 cm³/mol. The van der Waals surface area contributed by atoms with Crippen LogP contribution in [0.25, 0.3) is 0 Å². The van der Waals surface area contributed by atoms with Gasteiger partial charge in [0, 0.05) is 26.1 Å². The van der Waals surface area contributed by atoms with Crippen molar-refractivity contribution in [3.05, 3.63) is 59.9 Å². The van der Waals surface area contributed by atoms with Gasteiger partial charge in [-0.15, -0.1) is 0 Å². The molecule has 5 heteroatoms. The van der Waals surface area contributed by atoms with E-state index >= 15 is 0 Å². The Balaban J connectivity index is 1.72. The Morgan fingerprint density at radius 3 is 2.78 bits per heavy atom. The second-order valence-corrected chi connectivity index (χ2v) is 5.89. The van der Waals surface area contributed by atoms with Crippen molar-refractivity contribution in [1.82, 2.24) is 15.1 Å². The average molecular weight is 311 g/mol. The lowest BCUT2D eigenvalue weighted by Crippen LogP contribution is -2.47. The highest BCUT2D eigenvalue weighted by Gasteiger charge is 2.32. The van der Waals surface area contributed by atoms with E-state index in [-0.39, 0.29) is 12.0 Å². The first-order valence-electron chi connectivity index (χ1n) is 7.90. The molecule has 23 heavy (non-hydrogen) atoms. The molecule has 0 bridgehead atoms. The zero-order valence-electron chi connectivity index (χ0n) is 13.3. The molecule has 0 saturated carbocycles. The van der Waals surface area contributed by atoms with Gasteiger partial charge in [0.2, 0.25) is 0 Å². The summed E-state index contributed by atoms with van der Waals surface area (Å²) < 4.78 is 5.65. The molecule has 1 aliphatic rings. The van der Waals surface area contributed by atoms with Crippen molar-refractivity contribution in [3.63, 3.8) is 0 Å². The van der Waals surface area contributed by atoms with Crippen molar-refractivity contribution >= 4 is 5.91 Å². The van der Waals surface area contributed by atoms with Crippen LogP contribution in [0.2, 0.25) is 0 Å². The summed E-state index contributed by atoms with van der Waals surface area (Å²) in [6.45, 7) is 1.42. The first kappa shape index (κ1) is 15.6. The minimum absolute atomic E-state index is 0.0208. The summed E-state index contributed by atoms with van der Waals surface area (Å²) in [5.41, 5.74) is 1.87. The molecule has 0 spiro atoms. The number of methoxy groups -OCH3 is 1. The van der Waals surface area contributed by atoms with Crippen LogP contribution in [0.3, 0.4) is 0 Å². The largest absolute Gasteiger partial charge is 0.381 e. The average Bonchev–Trinajstić information content (AvgIpc) is 2.62. The van der Waals surface area contributed by atoms with Gasteiger partial charge < -0.3 is 9.64 Å². The zero-order valence-corrected chi connectivity index (χ0v) is 13.3. The highest BCUT2D eigenvalue weighted by Crippen LogP contribution is 2.24. The molecule has 5 nitrogen and oxygen atoms in total. The Kier molecular flexibility index (Phi) is 4.98. The van der Waals surface area contributed by atoms with Crippen molar-refractivity contribution in [1.29, 1.82) is 0 Å². The monoisotopic (exact) mass is 311 g/mol. The third-order valence-electron chi connectivity index (χ3n) is 4.43. The number of nitrogens with zero attached hydrogens (tertiary/aromatic N) is 3. The van der Waals surface area contributed by atoms with Gasteiger partial charge in [0.15, 0.2) is 0 Å². The molecular weight excluding hydrogens is 290 g/mol. The summed E-state index contributed by atoms with van der Waals surface area (Å²) in [7, 11) is 1.76. The van der Waals surface area contributed by atoms with E-state index in [1.807, 2.05) is 23.1 Å². The van der Waals surface area contributed by atoms with Gasteiger partial charge in [-0.05, 0) is 24.5 Å². The van der Waals surface area contributed by atoms with E-state index in [0.717, 1.165) is 12.8 Å². The number of likely N-dealkylation sites (tertiary alicyclic amines) is 1. The van der Waals surface area contributed by atoms with Crippen LogP contribution in [0.4, 0.5) is 0 Å². The quantitative estimate of drug-likeness (QED) is 0.868. The van der Waals surface area contributed by atoms with Gasteiger partial charge in [-0.25, -0.2) is 0 Å². The maximum Gasteiger partial charge on any atom is 0.255 e. The molecule has 2 aromatic rings. The molecule has 1 fully saturated rings. The number of hydrogen-bond donors (Lipinski definition) is 0. The number of aromatic nitrogens is 2. The lowest BCUT2D eigenvalue weighted by Gasteiger charge is -2.38. The van der Waals surface area contributed by atoms with Gasteiger partial charge in [0.05, 0.1) is 24.1 Å². The Bertz CT molecular complexity index is 633. The smallest absolute Gasteiger partial charge is 0.255 e. The molecule has 120 valence electrons. The number of carbonyl (C=O) groups excluding carboxylic acids is 1. The highest BCUT2D eigenvalue weighted by atomic mass is 16.5. The maximum absolute atomic E-state index is 12.6. The maximum atomic E-state index is 12.6. The van der Waals surface area contributed by atoms with Gasteiger partial charge in [-0.2, -0.15) is 10.2 Å². The number of carbonyl (C=O) groups is 1. The molecular formula is C18H21N3O2. The van der Waals surface area contributed by atoms with Crippen molar-refractivity contribution in [2.45, 2.75) is 18.9 Å². The summed E-state index contributed by atoms with van der Waals surface area (Å²) in [6, 6.07) is 12.1. The van der Waals surface area contributed by atoms with Gasteiger partial charge in [0.25, 0.3) is 5.91 Å². The van der Waals surface area contributed by atoms with Crippen LogP contribution in [0.1, 0.15) is 22.3 Å². The van der Waals surface area contributed by atoms with Gasteiger partial charge >= 0.3 is 0 Å². The van der Waals surface area contributed by atoms with Crippen LogP contribution >= 0.6 is 0 Å². The number of benzene rings is 1. The normalized spacial score (nSPS) is 21.2. The summed E-state index contributed by atoms with van der Waals surface area (Å²) in [5.74, 6) is 0.322. The molecule has 0 aliphatic carbocycles. The SMILES string of the molecule is CO[C@@H]1CCN(C(=O)c2ccnnc2)C[C@H]1Cc1ccccc1. The molecule has 2 atom stereocenters. The van der Waals surface area contributed by atoms with E-state index in [2.05, 4.69) is 22.3 Å². The van der Waals surface area contributed by atoms with Gasteiger partial charge in [-0.1, -0.05) is 30.3 Å². The van der Waals surface area contributed by atoms with Crippen molar-refractivity contribution in [3.8, 4) is 0 Å². The standard InChI is InChI=1S/C18H21N3O2/c1-23-17-8-10-21(18(22)15-7-9-19-20-12-15)13-16(17)11-14-5-3-2-4-6-14/h2-7,9,12,16-17H,8,10-11,13H2,1H3/t16-,17-/m1/s1. The molecule has 2 heterocycles. The molecule has 0 N–H and O–H groups in total. The van der Waals surface area contributed by atoms with Crippen LogP contribution in [0, 0.1) is 5.92 Å². The highest BCUT2D eigenvalue weighted by molar-refractivity contribution is 5.93. The third-order valence-corrected chi connectivity index (χ3v) is 4.43. The third kappa shape index (κ3) is 3.74. The summed E-state index contributed by atoms with van der Waals surface area (Å²) in [6.07, 6.45) is 5.04. The number of amides is 1. The lowest BCUT2D eigenvalue weighted by molar-refractivity contribution is -0.00301. The Morgan fingerprint density at radius 1 is 1.26 bits per heavy atom. The fraction of sp³-hybridized carbons (Fsp3) is 0.389. The minimum atomic E-state index is 0.0208. The van der Waals surface area contributed by atoms with Crippen molar-refractivity contribution in [2.24, 2.45) is 5.92 Å². The van der Waals surface area contributed by atoms with E-state index in [9.17, 15) is 4.79 Å². The van der Waals surface area contributed by atoms with E-state index in [4.69, 9.17) is 4.74 Å². The Hall–Kier alpha value is -2.27. The van der Waals surface area contributed by atoms with Crippen LogP contribution < -0.4 is 0 Å². The summed E-state index contributed by atoms with van der Waals surface area (Å²) in [4.78, 5) is 14.5. The van der Waals surface area contributed by atoms with Crippen molar-refractivity contribution < 1.29 is 9.53 Å². The molecule has 1 aromatic heterocycles. The second-order valence-electron chi connectivity index (χ2n) is 5.89. The number of rotatable bonds is 4. The van der Waals surface area contributed by atoms with Crippen LogP contribution in [0.15, 0.2) is 48.8 Å². The number of hydrogen-bond acceptors (Lipinski definition) is 4. The molecule has 1 aromatic carbocycles. The molecule has 1 saturated heterocycles.